The Labute approximate surface area is 173 Å². The molecule has 0 saturated carbocycles. The molecule has 1 aliphatic rings. The number of hydrogen-bond acceptors (Lipinski definition) is 3. The van der Waals surface area contributed by atoms with E-state index in [1.807, 2.05) is 18.2 Å². The number of hydrogen-bond donors (Lipinski definition) is 0. The Morgan fingerprint density at radius 3 is 1.66 bits per heavy atom. The summed E-state index contributed by atoms with van der Waals surface area (Å²) >= 11 is 0. The molecule has 0 amide bonds. The highest BCUT2D eigenvalue weighted by atomic mass is 16.7. The Morgan fingerprint density at radius 1 is 0.690 bits per heavy atom. The van der Waals surface area contributed by atoms with Crippen LogP contribution < -0.4 is 0 Å². The molecule has 0 aromatic heterocycles. The zero-order chi connectivity index (χ0) is 19.8. The fourth-order valence-corrected chi connectivity index (χ4v) is 3.99. The third-order valence-electron chi connectivity index (χ3n) is 5.38. The van der Waals surface area contributed by atoms with Crippen molar-refractivity contribution in [2.75, 3.05) is 19.8 Å². The lowest BCUT2D eigenvalue weighted by Gasteiger charge is -2.36. The van der Waals surface area contributed by atoms with Gasteiger partial charge in [-0.3, -0.25) is 0 Å². The van der Waals surface area contributed by atoms with Gasteiger partial charge in [-0.25, -0.2) is 0 Å². The van der Waals surface area contributed by atoms with Crippen LogP contribution in [0.15, 0.2) is 91.0 Å². The fourth-order valence-electron chi connectivity index (χ4n) is 3.99. The van der Waals surface area contributed by atoms with Gasteiger partial charge in [0.25, 0.3) is 0 Å². The molecule has 1 atom stereocenters. The average Bonchev–Trinajstić information content (AvgIpc) is 2.82. The first kappa shape index (κ1) is 19.8. The summed E-state index contributed by atoms with van der Waals surface area (Å²) < 4.78 is 18.3. The molecule has 3 aromatic rings. The van der Waals surface area contributed by atoms with E-state index in [2.05, 4.69) is 72.8 Å². The van der Waals surface area contributed by atoms with Gasteiger partial charge in [-0.05, 0) is 36.0 Å². The van der Waals surface area contributed by atoms with Crippen molar-refractivity contribution in [3.8, 4) is 0 Å². The SMILES string of the molecule is c1ccc(C(OCCOC2CCCCO2)(c2ccccc2)c2ccccc2)cc1. The standard InChI is InChI=1S/C26H28O3/c1-4-12-22(13-5-1)26(23-14-6-2-7-15-23,24-16-8-3-9-17-24)29-21-20-28-25-18-10-11-19-27-25/h1-9,12-17,25H,10-11,18-21H2. The van der Waals surface area contributed by atoms with Gasteiger partial charge >= 0.3 is 0 Å². The Bertz CT molecular complexity index is 746. The van der Waals surface area contributed by atoms with Crippen molar-refractivity contribution in [2.24, 2.45) is 0 Å². The zero-order valence-corrected chi connectivity index (χ0v) is 16.7. The molecule has 150 valence electrons. The van der Waals surface area contributed by atoms with Gasteiger partial charge < -0.3 is 14.2 Å². The van der Waals surface area contributed by atoms with Crippen molar-refractivity contribution in [1.82, 2.24) is 0 Å². The first-order chi connectivity index (χ1) is 14.4. The molecule has 3 nitrogen and oxygen atoms in total. The monoisotopic (exact) mass is 388 g/mol. The summed E-state index contributed by atoms with van der Waals surface area (Å²) in [4.78, 5) is 0. The minimum Gasteiger partial charge on any atom is -0.358 e. The van der Waals surface area contributed by atoms with Crippen molar-refractivity contribution >= 4 is 0 Å². The molecule has 3 aromatic carbocycles. The summed E-state index contributed by atoms with van der Waals surface area (Å²) in [6.07, 6.45) is 3.14. The van der Waals surface area contributed by atoms with E-state index in [0.717, 1.165) is 42.6 Å². The van der Waals surface area contributed by atoms with Crippen LogP contribution in [0.4, 0.5) is 0 Å². The summed E-state index contributed by atoms with van der Waals surface area (Å²) in [6.45, 7) is 1.75. The normalized spacial score (nSPS) is 17.2. The lowest BCUT2D eigenvalue weighted by Crippen LogP contribution is -2.34. The van der Waals surface area contributed by atoms with E-state index < -0.39 is 5.60 Å². The number of ether oxygens (including phenoxy) is 3. The second kappa shape index (κ2) is 9.84. The molecule has 29 heavy (non-hydrogen) atoms. The van der Waals surface area contributed by atoms with Crippen molar-refractivity contribution < 1.29 is 14.2 Å². The maximum absolute atomic E-state index is 6.70. The summed E-state index contributed by atoms with van der Waals surface area (Å²) in [5, 5.41) is 0. The van der Waals surface area contributed by atoms with Crippen LogP contribution in [-0.2, 0) is 19.8 Å². The molecule has 0 radical (unpaired) electrons. The van der Waals surface area contributed by atoms with Gasteiger partial charge in [0.2, 0.25) is 0 Å². The lowest BCUT2D eigenvalue weighted by atomic mass is 9.80. The highest BCUT2D eigenvalue weighted by Crippen LogP contribution is 2.40. The Balaban J connectivity index is 1.64. The zero-order valence-electron chi connectivity index (χ0n) is 16.7. The average molecular weight is 389 g/mol. The molecule has 1 fully saturated rings. The van der Waals surface area contributed by atoms with E-state index in [4.69, 9.17) is 14.2 Å². The summed E-state index contributed by atoms with van der Waals surface area (Å²) in [6, 6.07) is 31.3. The highest BCUT2D eigenvalue weighted by molar-refractivity contribution is 5.47. The minimum absolute atomic E-state index is 0.105. The molecule has 1 heterocycles. The third-order valence-corrected chi connectivity index (χ3v) is 5.38. The summed E-state index contributed by atoms with van der Waals surface area (Å²) in [7, 11) is 0. The van der Waals surface area contributed by atoms with Crippen LogP contribution >= 0.6 is 0 Å². The van der Waals surface area contributed by atoms with Crippen molar-refractivity contribution in [2.45, 2.75) is 31.2 Å². The first-order valence-electron chi connectivity index (χ1n) is 10.4. The van der Waals surface area contributed by atoms with Gasteiger partial charge in [-0.2, -0.15) is 0 Å². The van der Waals surface area contributed by atoms with Crippen molar-refractivity contribution in [3.05, 3.63) is 108 Å². The summed E-state index contributed by atoms with van der Waals surface area (Å²) in [5.74, 6) is 0. The smallest absolute Gasteiger partial charge is 0.157 e. The van der Waals surface area contributed by atoms with E-state index in [1.54, 1.807) is 0 Å². The highest BCUT2D eigenvalue weighted by Gasteiger charge is 2.37. The Kier molecular flexibility index (Phi) is 6.73. The fraction of sp³-hybridized carbons (Fsp3) is 0.308. The van der Waals surface area contributed by atoms with Crippen molar-refractivity contribution in [3.63, 3.8) is 0 Å². The van der Waals surface area contributed by atoms with Gasteiger partial charge in [-0.1, -0.05) is 91.0 Å². The van der Waals surface area contributed by atoms with Crippen molar-refractivity contribution in [1.29, 1.82) is 0 Å². The maximum atomic E-state index is 6.70. The predicted molar refractivity (Wildman–Crippen MR) is 115 cm³/mol. The van der Waals surface area contributed by atoms with Gasteiger partial charge in [0.15, 0.2) is 6.29 Å². The van der Waals surface area contributed by atoms with Crippen LogP contribution in [-0.4, -0.2) is 26.1 Å². The van der Waals surface area contributed by atoms with E-state index in [1.165, 1.54) is 0 Å². The van der Waals surface area contributed by atoms with E-state index in [0.29, 0.717) is 13.2 Å². The van der Waals surface area contributed by atoms with Crippen LogP contribution in [0.25, 0.3) is 0 Å². The van der Waals surface area contributed by atoms with Crippen LogP contribution in [0.2, 0.25) is 0 Å². The molecule has 0 spiro atoms. The molecular weight excluding hydrogens is 360 g/mol. The number of benzene rings is 3. The first-order valence-corrected chi connectivity index (χ1v) is 10.4. The molecule has 1 saturated heterocycles. The largest absolute Gasteiger partial charge is 0.358 e. The topological polar surface area (TPSA) is 27.7 Å². The molecule has 0 aliphatic carbocycles. The van der Waals surface area contributed by atoms with Crippen LogP contribution in [0.5, 0.6) is 0 Å². The Morgan fingerprint density at radius 2 is 1.21 bits per heavy atom. The molecule has 0 N–H and O–H groups in total. The van der Waals surface area contributed by atoms with E-state index in [-0.39, 0.29) is 6.29 Å². The Hall–Kier alpha value is -2.46. The predicted octanol–water partition coefficient (Wildman–Crippen LogP) is 5.54. The third kappa shape index (κ3) is 4.59. The maximum Gasteiger partial charge on any atom is 0.157 e. The molecule has 3 heteroatoms. The van der Waals surface area contributed by atoms with Crippen LogP contribution in [0.1, 0.15) is 36.0 Å². The van der Waals surface area contributed by atoms with Gasteiger partial charge in [0, 0.05) is 6.61 Å². The number of rotatable bonds is 8. The molecule has 1 unspecified atom stereocenters. The minimum atomic E-state index is -0.694. The van der Waals surface area contributed by atoms with Gasteiger partial charge in [0.1, 0.15) is 5.60 Å². The quantitative estimate of drug-likeness (QED) is 0.375. The van der Waals surface area contributed by atoms with Crippen LogP contribution in [0.3, 0.4) is 0 Å². The van der Waals surface area contributed by atoms with Gasteiger partial charge in [0.05, 0.1) is 13.2 Å². The van der Waals surface area contributed by atoms with E-state index in [9.17, 15) is 0 Å². The van der Waals surface area contributed by atoms with E-state index >= 15 is 0 Å². The molecular formula is C26H28O3. The lowest BCUT2D eigenvalue weighted by molar-refractivity contribution is -0.173. The summed E-state index contributed by atoms with van der Waals surface area (Å²) in [5.41, 5.74) is 2.62. The van der Waals surface area contributed by atoms with Gasteiger partial charge in [-0.15, -0.1) is 0 Å². The molecule has 0 bridgehead atoms. The van der Waals surface area contributed by atoms with Crippen LogP contribution in [0, 0.1) is 0 Å². The molecule has 1 aliphatic heterocycles. The second-order valence-electron chi connectivity index (χ2n) is 7.29. The molecule has 4 rings (SSSR count). The second-order valence-corrected chi connectivity index (χ2v) is 7.29.